The summed E-state index contributed by atoms with van der Waals surface area (Å²) in [6.45, 7) is 0. The van der Waals surface area contributed by atoms with E-state index in [0.717, 1.165) is 17.7 Å². The third-order valence-corrected chi connectivity index (χ3v) is 5.09. The summed E-state index contributed by atoms with van der Waals surface area (Å²) < 4.78 is 13.6. The first-order valence-corrected chi connectivity index (χ1v) is 7.56. The minimum Gasteiger partial charge on any atom is -0.387 e. The third kappa shape index (κ3) is 2.69. The fraction of sp³-hybridized carbons (Fsp3) is 0.333. The highest BCUT2D eigenvalue weighted by Gasteiger charge is 2.20. The van der Waals surface area contributed by atoms with Gasteiger partial charge in [-0.15, -0.1) is 11.3 Å². The van der Waals surface area contributed by atoms with E-state index in [1.54, 1.807) is 17.4 Å². The van der Waals surface area contributed by atoms with E-state index in [4.69, 9.17) is 11.6 Å². The number of halogens is 2. The summed E-state index contributed by atoms with van der Waals surface area (Å²) in [5, 5.41) is 10.7. The molecule has 1 aliphatic rings. The second-order valence-electron chi connectivity index (χ2n) is 4.91. The molecule has 19 heavy (non-hydrogen) atoms. The number of hydrogen-bond acceptors (Lipinski definition) is 2. The maximum atomic E-state index is 13.6. The molecule has 1 aromatic carbocycles. The van der Waals surface area contributed by atoms with Crippen molar-refractivity contribution in [3.05, 3.63) is 56.0 Å². The fourth-order valence-corrected chi connectivity index (χ4v) is 3.96. The van der Waals surface area contributed by atoms with E-state index in [-0.39, 0.29) is 12.2 Å². The van der Waals surface area contributed by atoms with Crippen LogP contribution in [0.2, 0.25) is 5.02 Å². The number of fused-ring (bicyclic) bond motifs is 1. The highest BCUT2D eigenvalue weighted by Crippen LogP contribution is 2.35. The molecule has 0 amide bonds. The van der Waals surface area contributed by atoms with E-state index in [0.29, 0.717) is 10.6 Å². The average molecular weight is 297 g/mol. The Balaban J connectivity index is 1.80. The highest BCUT2D eigenvalue weighted by atomic mass is 35.5. The molecule has 1 heterocycles. The summed E-state index contributed by atoms with van der Waals surface area (Å²) in [5.41, 5.74) is 1.82. The van der Waals surface area contributed by atoms with Crippen LogP contribution in [0.4, 0.5) is 4.39 Å². The van der Waals surface area contributed by atoms with Crippen molar-refractivity contribution in [3.63, 3.8) is 0 Å². The Morgan fingerprint density at radius 2 is 2.16 bits per heavy atom. The largest absolute Gasteiger partial charge is 0.387 e. The number of aliphatic hydroxyl groups is 1. The second-order valence-corrected chi connectivity index (χ2v) is 6.51. The maximum absolute atomic E-state index is 13.6. The third-order valence-electron chi connectivity index (χ3n) is 3.52. The lowest BCUT2D eigenvalue weighted by Crippen LogP contribution is -2.02. The van der Waals surface area contributed by atoms with Crippen LogP contribution in [-0.4, -0.2) is 5.11 Å². The molecule has 0 fully saturated rings. The van der Waals surface area contributed by atoms with Gasteiger partial charge in [-0.1, -0.05) is 11.6 Å². The first-order valence-electron chi connectivity index (χ1n) is 6.37. The number of benzene rings is 1. The molecule has 0 saturated heterocycles. The second kappa shape index (κ2) is 5.23. The summed E-state index contributed by atoms with van der Waals surface area (Å²) in [4.78, 5) is 2.31. The zero-order chi connectivity index (χ0) is 13.4. The van der Waals surface area contributed by atoms with Gasteiger partial charge in [-0.25, -0.2) is 4.39 Å². The predicted molar refractivity (Wildman–Crippen MR) is 76.4 cm³/mol. The summed E-state index contributed by atoms with van der Waals surface area (Å²) in [6.07, 6.45) is 3.04. The minimum absolute atomic E-state index is 0.270. The van der Waals surface area contributed by atoms with E-state index in [2.05, 4.69) is 6.07 Å². The zero-order valence-electron chi connectivity index (χ0n) is 10.3. The Labute approximate surface area is 120 Å². The predicted octanol–water partition coefficient (Wildman–Crippen LogP) is 4.31. The molecule has 0 spiro atoms. The van der Waals surface area contributed by atoms with Gasteiger partial charge in [-0.05, 0) is 54.7 Å². The van der Waals surface area contributed by atoms with E-state index in [9.17, 15) is 9.50 Å². The number of thiophene rings is 1. The van der Waals surface area contributed by atoms with Crippen LogP contribution in [0.15, 0.2) is 24.3 Å². The summed E-state index contributed by atoms with van der Waals surface area (Å²) in [7, 11) is 0. The molecule has 1 aromatic heterocycles. The number of aliphatic hydroxyl groups excluding tert-OH is 1. The Bertz CT molecular complexity index is 587. The Hall–Kier alpha value is -0.900. The lowest BCUT2D eigenvalue weighted by molar-refractivity contribution is 0.181. The average Bonchev–Trinajstić information content (AvgIpc) is 2.94. The summed E-state index contributed by atoms with van der Waals surface area (Å²) >= 11 is 7.52. The first-order chi connectivity index (χ1) is 9.13. The Morgan fingerprint density at radius 1 is 1.32 bits per heavy atom. The normalized spacial score (nSPS) is 15.5. The van der Waals surface area contributed by atoms with E-state index >= 15 is 0 Å². The zero-order valence-corrected chi connectivity index (χ0v) is 11.9. The van der Waals surface area contributed by atoms with Gasteiger partial charge in [0.15, 0.2) is 0 Å². The van der Waals surface area contributed by atoms with Crippen LogP contribution in [0.1, 0.15) is 33.4 Å². The number of rotatable bonds is 3. The van der Waals surface area contributed by atoms with Gasteiger partial charge in [0.2, 0.25) is 0 Å². The van der Waals surface area contributed by atoms with Crippen molar-refractivity contribution in [1.82, 2.24) is 0 Å². The van der Waals surface area contributed by atoms with Gasteiger partial charge in [0, 0.05) is 21.2 Å². The van der Waals surface area contributed by atoms with Gasteiger partial charge in [0.1, 0.15) is 5.82 Å². The highest BCUT2D eigenvalue weighted by molar-refractivity contribution is 7.12. The van der Waals surface area contributed by atoms with E-state index in [1.165, 1.54) is 29.0 Å². The first kappa shape index (κ1) is 13.1. The smallest absolute Gasteiger partial charge is 0.126 e. The van der Waals surface area contributed by atoms with Crippen molar-refractivity contribution in [1.29, 1.82) is 0 Å². The van der Waals surface area contributed by atoms with Gasteiger partial charge in [0.25, 0.3) is 0 Å². The van der Waals surface area contributed by atoms with Gasteiger partial charge >= 0.3 is 0 Å². The molecule has 1 atom stereocenters. The molecule has 2 aromatic rings. The molecular formula is C15H14ClFOS. The van der Waals surface area contributed by atoms with Crippen LogP contribution in [0.3, 0.4) is 0 Å². The van der Waals surface area contributed by atoms with Crippen molar-refractivity contribution in [2.75, 3.05) is 0 Å². The summed E-state index contributed by atoms with van der Waals surface area (Å²) in [6, 6.07) is 6.52. The Kier molecular flexibility index (Phi) is 3.61. The van der Waals surface area contributed by atoms with Crippen LogP contribution in [0.25, 0.3) is 0 Å². The maximum Gasteiger partial charge on any atom is 0.126 e. The lowest BCUT2D eigenvalue weighted by Gasteiger charge is -2.10. The van der Waals surface area contributed by atoms with Crippen molar-refractivity contribution >= 4 is 22.9 Å². The molecule has 1 aliphatic carbocycles. The molecule has 0 saturated carbocycles. The van der Waals surface area contributed by atoms with Crippen molar-refractivity contribution in [2.24, 2.45) is 0 Å². The molecule has 0 bridgehead atoms. The Morgan fingerprint density at radius 3 is 2.95 bits per heavy atom. The van der Waals surface area contributed by atoms with Crippen LogP contribution in [0, 0.1) is 5.82 Å². The molecule has 1 N–H and O–H groups in total. The minimum atomic E-state index is -0.649. The molecule has 100 valence electrons. The fourth-order valence-electron chi connectivity index (χ4n) is 2.52. The van der Waals surface area contributed by atoms with Crippen LogP contribution in [0.5, 0.6) is 0 Å². The molecule has 1 nitrogen and oxygen atoms in total. The lowest BCUT2D eigenvalue weighted by atomic mass is 10.1. The SMILES string of the molecule is OC(Cc1cc(Cl)ccc1F)c1cc2c(s1)CCC2. The van der Waals surface area contributed by atoms with Crippen LogP contribution in [-0.2, 0) is 19.3 Å². The van der Waals surface area contributed by atoms with Gasteiger partial charge in [-0.3, -0.25) is 0 Å². The van der Waals surface area contributed by atoms with Crippen molar-refractivity contribution in [2.45, 2.75) is 31.8 Å². The quantitative estimate of drug-likeness (QED) is 0.895. The number of aryl methyl sites for hydroxylation is 2. The van der Waals surface area contributed by atoms with Gasteiger partial charge in [-0.2, -0.15) is 0 Å². The molecular weight excluding hydrogens is 283 g/mol. The van der Waals surface area contributed by atoms with Crippen LogP contribution >= 0.6 is 22.9 Å². The van der Waals surface area contributed by atoms with Crippen LogP contribution < -0.4 is 0 Å². The van der Waals surface area contributed by atoms with E-state index in [1.807, 2.05) is 0 Å². The summed E-state index contributed by atoms with van der Waals surface area (Å²) in [5.74, 6) is -0.312. The topological polar surface area (TPSA) is 20.2 Å². The molecule has 1 unspecified atom stereocenters. The number of hydrogen-bond donors (Lipinski definition) is 1. The van der Waals surface area contributed by atoms with Gasteiger partial charge in [0.05, 0.1) is 6.10 Å². The van der Waals surface area contributed by atoms with Gasteiger partial charge < -0.3 is 5.11 Å². The van der Waals surface area contributed by atoms with Crippen molar-refractivity contribution in [3.8, 4) is 0 Å². The molecule has 0 radical (unpaired) electrons. The molecule has 0 aliphatic heterocycles. The molecule has 3 rings (SSSR count). The standard InChI is InChI=1S/C15H14ClFOS/c16-11-4-5-12(17)10(6-11)7-13(18)15-8-9-2-1-3-14(9)19-15/h4-6,8,13,18H,1-3,7H2. The van der Waals surface area contributed by atoms with E-state index < -0.39 is 6.10 Å². The monoisotopic (exact) mass is 296 g/mol. The van der Waals surface area contributed by atoms with Crippen molar-refractivity contribution < 1.29 is 9.50 Å². The molecule has 4 heteroatoms.